The van der Waals surface area contributed by atoms with Gasteiger partial charge in [-0.3, -0.25) is 4.79 Å². The van der Waals surface area contributed by atoms with Gasteiger partial charge in [-0.05, 0) is 80.1 Å². The molecule has 4 rings (SSSR count). The molecule has 0 saturated heterocycles. The van der Waals surface area contributed by atoms with Crippen molar-refractivity contribution < 1.29 is 24.2 Å². The molecule has 3 aromatic rings. The third-order valence-corrected chi connectivity index (χ3v) is 7.57. The van der Waals surface area contributed by atoms with E-state index in [4.69, 9.17) is 4.74 Å². The van der Waals surface area contributed by atoms with Crippen LogP contribution in [0.5, 0.6) is 5.75 Å². The molecule has 0 radical (unpaired) electrons. The molecular formula is C32H37N3O5. The van der Waals surface area contributed by atoms with Crippen LogP contribution in [0.2, 0.25) is 0 Å². The van der Waals surface area contributed by atoms with Gasteiger partial charge in [0.1, 0.15) is 11.3 Å². The minimum atomic E-state index is -1.34. The van der Waals surface area contributed by atoms with E-state index in [0.29, 0.717) is 24.3 Å². The Kier molecular flexibility index (Phi) is 8.77. The van der Waals surface area contributed by atoms with Crippen molar-refractivity contribution in [3.05, 3.63) is 76.9 Å². The zero-order valence-corrected chi connectivity index (χ0v) is 23.5. The molecule has 8 nitrogen and oxygen atoms in total. The first kappa shape index (κ1) is 28.7. The fourth-order valence-corrected chi connectivity index (χ4v) is 5.46. The highest BCUT2D eigenvalue weighted by molar-refractivity contribution is 6.08. The Hall–Kier alpha value is -4.33. The van der Waals surface area contributed by atoms with E-state index < -0.39 is 23.4 Å². The lowest BCUT2D eigenvalue weighted by atomic mass is 9.89. The normalized spacial score (nSPS) is 14.5. The van der Waals surface area contributed by atoms with Crippen LogP contribution in [0.1, 0.15) is 65.6 Å². The predicted molar refractivity (Wildman–Crippen MR) is 157 cm³/mol. The van der Waals surface area contributed by atoms with E-state index in [1.54, 1.807) is 25.3 Å². The van der Waals surface area contributed by atoms with E-state index in [1.165, 1.54) is 0 Å². The standard InChI is InChI=1S/C32H37N3O5/c1-20-17-21(2)28(22(3)18-20)34-31(39)33-27-19-24(23-9-12-25(40-4)13-10-23)11-14-26(27)29(36)35-32(30(37)38)15-7-5-6-8-16-32/h9-14,17-19H,5-8,15-16H2,1-4H3,(H,35,36)(H,37,38)(H2,33,34,39). The molecular weight excluding hydrogens is 506 g/mol. The number of carboxylic acid groups (broad SMARTS) is 1. The van der Waals surface area contributed by atoms with Crippen molar-refractivity contribution in [1.82, 2.24) is 5.32 Å². The number of aryl methyl sites for hydroxylation is 3. The van der Waals surface area contributed by atoms with Gasteiger partial charge in [-0.25, -0.2) is 9.59 Å². The number of rotatable bonds is 7. The summed E-state index contributed by atoms with van der Waals surface area (Å²) in [4.78, 5) is 39.2. The highest BCUT2D eigenvalue weighted by Gasteiger charge is 2.40. The van der Waals surface area contributed by atoms with E-state index in [9.17, 15) is 19.5 Å². The second kappa shape index (κ2) is 12.2. The molecule has 0 aromatic heterocycles. The number of methoxy groups -OCH3 is 1. The minimum absolute atomic E-state index is 0.189. The molecule has 1 fully saturated rings. The van der Waals surface area contributed by atoms with Crippen LogP contribution in [0.25, 0.3) is 11.1 Å². The second-order valence-corrected chi connectivity index (χ2v) is 10.6. The van der Waals surface area contributed by atoms with Gasteiger partial charge in [0, 0.05) is 5.69 Å². The van der Waals surface area contributed by atoms with Crippen LogP contribution in [0.4, 0.5) is 16.2 Å². The smallest absolute Gasteiger partial charge is 0.329 e. The predicted octanol–water partition coefficient (Wildman–Crippen LogP) is 6.84. The summed E-state index contributed by atoms with van der Waals surface area (Å²) in [6.45, 7) is 5.85. The van der Waals surface area contributed by atoms with E-state index in [-0.39, 0.29) is 11.3 Å². The highest BCUT2D eigenvalue weighted by atomic mass is 16.5. The summed E-state index contributed by atoms with van der Waals surface area (Å²) in [7, 11) is 1.60. The number of anilines is 2. The Morgan fingerprint density at radius 3 is 1.98 bits per heavy atom. The summed E-state index contributed by atoms with van der Waals surface area (Å²) in [5.74, 6) is -0.859. The van der Waals surface area contributed by atoms with Gasteiger partial charge >= 0.3 is 12.0 Å². The first-order valence-electron chi connectivity index (χ1n) is 13.6. The van der Waals surface area contributed by atoms with E-state index in [1.807, 2.05) is 57.2 Å². The van der Waals surface area contributed by atoms with Gasteiger partial charge in [0.25, 0.3) is 5.91 Å². The molecule has 3 aromatic carbocycles. The Morgan fingerprint density at radius 2 is 1.40 bits per heavy atom. The zero-order valence-electron chi connectivity index (χ0n) is 23.5. The summed E-state index contributed by atoms with van der Waals surface area (Å²) in [6.07, 6.45) is 4.07. The molecule has 1 aliphatic carbocycles. The van der Waals surface area contributed by atoms with Gasteiger partial charge in [-0.1, -0.05) is 61.6 Å². The number of nitrogens with one attached hydrogen (secondary N) is 3. The quantitative estimate of drug-likeness (QED) is 0.244. The molecule has 1 saturated carbocycles. The van der Waals surface area contributed by atoms with Gasteiger partial charge < -0.3 is 25.8 Å². The lowest BCUT2D eigenvalue weighted by molar-refractivity contribution is -0.145. The summed E-state index contributed by atoms with van der Waals surface area (Å²) in [5, 5.41) is 18.7. The molecule has 0 bridgehead atoms. The number of benzene rings is 3. The maximum absolute atomic E-state index is 13.6. The Balaban J connectivity index is 1.68. The van der Waals surface area contributed by atoms with Crippen LogP contribution in [0.3, 0.4) is 0 Å². The minimum Gasteiger partial charge on any atom is -0.497 e. The SMILES string of the molecule is COc1ccc(-c2ccc(C(=O)NC3(C(=O)O)CCCCCC3)c(NC(=O)Nc3c(C)cc(C)cc3C)c2)cc1. The van der Waals surface area contributed by atoms with Gasteiger partial charge in [0.15, 0.2) is 0 Å². The maximum Gasteiger partial charge on any atom is 0.329 e. The summed E-state index contributed by atoms with van der Waals surface area (Å²) in [6, 6.07) is 16.1. The number of hydrogen-bond acceptors (Lipinski definition) is 4. The Bertz CT molecular complexity index is 1380. The molecule has 8 heteroatoms. The van der Waals surface area contributed by atoms with Crippen LogP contribution in [-0.2, 0) is 4.79 Å². The van der Waals surface area contributed by atoms with Crippen molar-refractivity contribution in [2.75, 3.05) is 17.7 Å². The Labute approximate surface area is 235 Å². The number of hydrogen-bond donors (Lipinski definition) is 4. The highest BCUT2D eigenvalue weighted by Crippen LogP contribution is 2.31. The number of ether oxygens (including phenoxy) is 1. The molecule has 0 aliphatic heterocycles. The van der Waals surface area contributed by atoms with Crippen LogP contribution in [0.15, 0.2) is 54.6 Å². The molecule has 3 amide bonds. The number of amides is 3. The van der Waals surface area contributed by atoms with Crippen LogP contribution >= 0.6 is 0 Å². The van der Waals surface area contributed by atoms with Crippen molar-refractivity contribution in [3.8, 4) is 16.9 Å². The first-order chi connectivity index (χ1) is 19.1. The third-order valence-electron chi connectivity index (χ3n) is 7.57. The fraction of sp³-hybridized carbons (Fsp3) is 0.344. The number of aliphatic carboxylic acids is 1. The van der Waals surface area contributed by atoms with Crippen LogP contribution in [-0.4, -0.2) is 35.7 Å². The maximum atomic E-state index is 13.6. The summed E-state index contributed by atoms with van der Waals surface area (Å²) >= 11 is 0. The largest absolute Gasteiger partial charge is 0.497 e. The monoisotopic (exact) mass is 543 g/mol. The number of carboxylic acids is 1. The number of urea groups is 1. The third kappa shape index (κ3) is 6.45. The second-order valence-electron chi connectivity index (χ2n) is 10.6. The number of carbonyl (C=O) groups is 3. The van der Waals surface area contributed by atoms with Crippen molar-refractivity contribution in [2.45, 2.75) is 64.8 Å². The van der Waals surface area contributed by atoms with Crippen molar-refractivity contribution in [2.24, 2.45) is 0 Å². The first-order valence-corrected chi connectivity index (χ1v) is 13.6. The van der Waals surface area contributed by atoms with Gasteiger partial charge in [-0.2, -0.15) is 0 Å². The average Bonchev–Trinajstić information content (AvgIpc) is 3.17. The van der Waals surface area contributed by atoms with E-state index in [2.05, 4.69) is 16.0 Å². The lowest BCUT2D eigenvalue weighted by Crippen LogP contribution is -2.54. The molecule has 0 unspecified atom stereocenters. The lowest BCUT2D eigenvalue weighted by Gasteiger charge is -2.29. The van der Waals surface area contributed by atoms with Crippen LogP contribution in [0, 0.1) is 20.8 Å². The van der Waals surface area contributed by atoms with Gasteiger partial charge in [0.2, 0.25) is 0 Å². The molecule has 0 heterocycles. The molecule has 210 valence electrons. The van der Waals surface area contributed by atoms with Crippen molar-refractivity contribution in [1.29, 1.82) is 0 Å². The molecule has 4 N–H and O–H groups in total. The topological polar surface area (TPSA) is 117 Å². The summed E-state index contributed by atoms with van der Waals surface area (Å²) in [5.41, 5.74) is 4.42. The summed E-state index contributed by atoms with van der Waals surface area (Å²) < 4.78 is 5.26. The molecule has 0 atom stereocenters. The zero-order chi connectivity index (χ0) is 28.9. The van der Waals surface area contributed by atoms with E-state index in [0.717, 1.165) is 53.5 Å². The fourth-order valence-electron chi connectivity index (χ4n) is 5.46. The van der Waals surface area contributed by atoms with Gasteiger partial charge in [-0.15, -0.1) is 0 Å². The van der Waals surface area contributed by atoms with Crippen molar-refractivity contribution in [3.63, 3.8) is 0 Å². The van der Waals surface area contributed by atoms with Crippen LogP contribution < -0.4 is 20.7 Å². The molecule has 1 aliphatic rings. The molecule has 0 spiro atoms. The Morgan fingerprint density at radius 1 is 0.800 bits per heavy atom. The average molecular weight is 544 g/mol. The number of carbonyl (C=O) groups excluding carboxylic acids is 2. The van der Waals surface area contributed by atoms with Crippen molar-refractivity contribution >= 4 is 29.3 Å². The van der Waals surface area contributed by atoms with E-state index >= 15 is 0 Å². The molecule has 40 heavy (non-hydrogen) atoms. The van der Waals surface area contributed by atoms with Gasteiger partial charge in [0.05, 0.1) is 18.4 Å².